The smallest absolute Gasteiger partial charge is 0.233 e. The fourth-order valence-corrected chi connectivity index (χ4v) is 3.83. The molecule has 1 saturated heterocycles. The Bertz CT molecular complexity index is 689. The molecule has 120 valence electrons. The largest absolute Gasteiger partial charge is 0.467 e. The summed E-state index contributed by atoms with van der Waals surface area (Å²) in [5.41, 5.74) is 1.60. The molecule has 1 aliphatic carbocycles. The number of nitrogens with zero attached hydrogens (tertiary/aromatic N) is 1. The fraction of sp³-hybridized carbons (Fsp3) is 0.412. The van der Waals surface area contributed by atoms with Crippen LogP contribution in [0.5, 0.6) is 5.75 Å². The van der Waals surface area contributed by atoms with E-state index in [9.17, 15) is 9.59 Å². The van der Waals surface area contributed by atoms with Gasteiger partial charge in [-0.25, -0.2) is 0 Å². The van der Waals surface area contributed by atoms with E-state index >= 15 is 0 Å². The molecule has 0 N–H and O–H groups in total. The Morgan fingerprint density at radius 2 is 1.83 bits per heavy atom. The standard InChI is InChI=1S/C17H16ClNO4/c18-12-5-10(15-11(6-12)8-22-9-23-15)7-19-16(20)13-3-1-2-4-14(13)17(19)21/h1-2,5-6,13-14H,3-4,7-9H2/t13-,14+. The number of likely N-dealkylation sites (tertiary alicyclic amines) is 1. The number of carbonyl (C=O) groups is 2. The summed E-state index contributed by atoms with van der Waals surface area (Å²) in [6.07, 6.45) is 5.25. The van der Waals surface area contributed by atoms with Crippen molar-refractivity contribution >= 4 is 23.4 Å². The predicted octanol–water partition coefficient (Wildman–Crippen LogP) is 2.66. The van der Waals surface area contributed by atoms with E-state index in [4.69, 9.17) is 21.1 Å². The summed E-state index contributed by atoms with van der Waals surface area (Å²) in [6.45, 7) is 0.784. The van der Waals surface area contributed by atoms with E-state index in [1.807, 2.05) is 12.2 Å². The Kier molecular flexibility index (Phi) is 3.62. The predicted molar refractivity (Wildman–Crippen MR) is 82.6 cm³/mol. The lowest BCUT2D eigenvalue weighted by Crippen LogP contribution is -2.31. The maximum absolute atomic E-state index is 12.6. The lowest BCUT2D eigenvalue weighted by atomic mass is 9.85. The van der Waals surface area contributed by atoms with Gasteiger partial charge in [-0.2, -0.15) is 0 Å². The molecule has 2 amide bonds. The highest BCUT2D eigenvalue weighted by atomic mass is 35.5. The van der Waals surface area contributed by atoms with Gasteiger partial charge >= 0.3 is 0 Å². The van der Waals surface area contributed by atoms with Crippen molar-refractivity contribution < 1.29 is 19.1 Å². The molecule has 2 atom stereocenters. The minimum absolute atomic E-state index is 0.0925. The van der Waals surface area contributed by atoms with E-state index in [0.29, 0.717) is 30.2 Å². The van der Waals surface area contributed by atoms with Crippen LogP contribution in [0.2, 0.25) is 5.02 Å². The second-order valence-electron chi connectivity index (χ2n) is 6.08. The monoisotopic (exact) mass is 333 g/mol. The summed E-state index contributed by atoms with van der Waals surface area (Å²) >= 11 is 6.15. The number of halogens is 1. The molecular formula is C17H16ClNO4. The van der Waals surface area contributed by atoms with Crippen LogP contribution in [0.4, 0.5) is 0 Å². The molecule has 3 aliphatic rings. The summed E-state index contributed by atoms with van der Waals surface area (Å²) in [5, 5.41) is 0.547. The average Bonchev–Trinajstić information content (AvgIpc) is 2.80. The second kappa shape index (κ2) is 5.65. The second-order valence-corrected chi connectivity index (χ2v) is 6.52. The molecule has 1 aromatic carbocycles. The lowest BCUT2D eigenvalue weighted by molar-refractivity contribution is -0.140. The van der Waals surface area contributed by atoms with Gasteiger partial charge in [-0.1, -0.05) is 23.8 Å². The number of benzene rings is 1. The maximum atomic E-state index is 12.6. The number of carbonyl (C=O) groups excluding carboxylic acids is 2. The van der Waals surface area contributed by atoms with E-state index < -0.39 is 0 Å². The maximum Gasteiger partial charge on any atom is 0.233 e. The molecule has 2 heterocycles. The van der Waals surface area contributed by atoms with E-state index in [2.05, 4.69) is 0 Å². The van der Waals surface area contributed by atoms with Crippen LogP contribution in [0.3, 0.4) is 0 Å². The Morgan fingerprint density at radius 1 is 1.13 bits per heavy atom. The van der Waals surface area contributed by atoms with Gasteiger partial charge in [0.15, 0.2) is 6.79 Å². The van der Waals surface area contributed by atoms with Crippen LogP contribution < -0.4 is 4.74 Å². The summed E-state index contributed by atoms with van der Waals surface area (Å²) in [4.78, 5) is 26.5. The molecule has 2 aliphatic heterocycles. The van der Waals surface area contributed by atoms with Gasteiger partial charge in [-0.15, -0.1) is 0 Å². The van der Waals surface area contributed by atoms with E-state index in [-0.39, 0.29) is 37.0 Å². The summed E-state index contributed by atoms with van der Waals surface area (Å²) in [6, 6.07) is 3.55. The van der Waals surface area contributed by atoms with Crippen molar-refractivity contribution in [2.75, 3.05) is 6.79 Å². The van der Waals surface area contributed by atoms with Crippen molar-refractivity contribution in [1.29, 1.82) is 0 Å². The minimum atomic E-state index is -0.216. The van der Waals surface area contributed by atoms with E-state index in [1.165, 1.54) is 4.90 Å². The molecule has 1 fully saturated rings. The van der Waals surface area contributed by atoms with Crippen molar-refractivity contribution in [2.45, 2.75) is 26.0 Å². The van der Waals surface area contributed by atoms with Crippen molar-refractivity contribution in [2.24, 2.45) is 11.8 Å². The number of hydrogen-bond acceptors (Lipinski definition) is 4. The van der Waals surface area contributed by atoms with Crippen LogP contribution in [0, 0.1) is 11.8 Å². The third-order valence-electron chi connectivity index (χ3n) is 4.68. The molecule has 0 radical (unpaired) electrons. The summed E-state index contributed by atoms with van der Waals surface area (Å²) in [5.74, 6) is 0.0584. The minimum Gasteiger partial charge on any atom is -0.467 e. The van der Waals surface area contributed by atoms with Crippen molar-refractivity contribution in [3.63, 3.8) is 0 Å². The van der Waals surface area contributed by atoms with Gasteiger partial charge in [0.25, 0.3) is 0 Å². The third-order valence-corrected chi connectivity index (χ3v) is 4.90. The Morgan fingerprint density at radius 3 is 2.52 bits per heavy atom. The lowest BCUT2D eigenvalue weighted by Gasteiger charge is -2.23. The molecule has 6 heteroatoms. The molecule has 0 aromatic heterocycles. The Balaban J connectivity index is 1.65. The average molecular weight is 334 g/mol. The van der Waals surface area contributed by atoms with Gasteiger partial charge in [0, 0.05) is 16.1 Å². The van der Waals surface area contributed by atoms with Crippen molar-refractivity contribution in [3.05, 3.63) is 40.4 Å². The number of allylic oxidation sites excluding steroid dienone is 2. The zero-order valence-electron chi connectivity index (χ0n) is 12.5. The summed E-state index contributed by atoms with van der Waals surface area (Å²) in [7, 11) is 0. The first-order valence-electron chi connectivity index (χ1n) is 7.67. The van der Waals surface area contributed by atoms with E-state index in [1.54, 1.807) is 12.1 Å². The van der Waals surface area contributed by atoms with Gasteiger partial charge in [0.2, 0.25) is 11.8 Å². The zero-order valence-corrected chi connectivity index (χ0v) is 13.2. The van der Waals surface area contributed by atoms with Gasteiger partial charge in [0.1, 0.15) is 5.75 Å². The Labute approximate surface area is 138 Å². The molecule has 0 spiro atoms. The van der Waals surface area contributed by atoms with Crippen LogP contribution >= 0.6 is 11.6 Å². The SMILES string of the molecule is O=C1[C@H]2CC=CC[C@H]2C(=O)N1Cc1cc(Cl)cc2c1OCOC2. The first kappa shape index (κ1) is 14.7. The molecule has 1 aromatic rings. The quantitative estimate of drug-likeness (QED) is 0.617. The van der Waals surface area contributed by atoms with Gasteiger partial charge in [0.05, 0.1) is 25.0 Å². The van der Waals surface area contributed by atoms with Gasteiger partial charge < -0.3 is 9.47 Å². The first-order chi connectivity index (χ1) is 11.1. The van der Waals surface area contributed by atoms with Crippen molar-refractivity contribution in [3.8, 4) is 5.75 Å². The first-order valence-corrected chi connectivity index (χ1v) is 8.05. The van der Waals surface area contributed by atoms with Crippen molar-refractivity contribution in [1.82, 2.24) is 4.90 Å². The summed E-state index contributed by atoms with van der Waals surface area (Å²) < 4.78 is 10.8. The Hall–Kier alpha value is -1.85. The van der Waals surface area contributed by atoms with Crippen LogP contribution in [0.1, 0.15) is 24.0 Å². The molecule has 4 rings (SSSR count). The normalized spacial score (nSPS) is 26.0. The molecular weight excluding hydrogens is 318 g/mol. The van der Waals surface area contributed by atoms with E-state index in [0.717, 1.165) is 11.1 Å². The third kappa shape index (κ3) is 2.44. The van der Waals surface area contributed by atoms with Crippen LogP contribution in [0.25, 0.3) is 0 Å². The highest BCUT2D eigenvalue weighted by Crippen LogP contribution is 2.38. The topological polar surface area (TPSA) is 55.8 Å². The molecule has 23 heavy (non-hydrogen) atoms. The van der Waals surface area contributed by atoms with Crippen LogP contribution in [-0.2, 0) is 27.5 Å². The molecule has 5 nitrogen and oxygen atoms in total. The molecule has 0 unspecified atom stereocenters. The fourth-order valence-electron chi connectivity index (χ4n) is 3.57. The highest BCUT2D eigenvalue weighted by molar-refractivity contribution is 6.30. The number of hydrogen-bond donors (Lipinski definition) is 0. The van der Waals surface area contributed by atoms with Crippen LogP contribution in [0.15, 0.2) is 24.3 Å². The molecule has 0 bridgehead atoms. The number of rotatable bonds is 2. The van der Waals surface area contributed by atoms with Gasteiger partial charge in [-0.05, 0) is 25.0 Å². The highest BCUT2D eigenvalue weighted by Gasteiger charge is 2.47. The number of fused-ring (bicyclic) bond motifs is 2. The van der Waals surface area contributed by atoms with Crippen LogP contribution in [-0.4, -0.2) is 23.5 Å². The van der Waals surface area contributed by atoms with Gasteiger partial charge in [-0.3, -0.25) is 14.5 Å². The zero-order chi connectivity index (χ0) is 16.0. The molecule has 0 saturated carbocycles. The number of amides is 2. The number of ether oxygens (including phenoxy) is 2. The number of imide groups is 1.